The van der Waals surface area contributed by atoms with Gasteiger partial charge in [0.05, 0.1) is 12.2 Å². The van der Waals surface area contributed by atoms with Crippen LogP contribution in [0.25, 0.3) is 0 Å². The lowest BCUT2D eigenvalue weighted by molar-refractivity contribution is -0.150. The number of aliphatic carboxylic acids is 1. The fraction of sp³-hybridized carbons (Fsp3) is 0.692. The maximum absolute atomic E-state index is 11.6. The normalized spacial score (nSPS) is 32.4. The standard InChI is InChI=1S/C13H19NO5/c1-12(2,3)19-11(17)14-7-13(10(15)16)6-8-4-5-9(13)18-8/h4-5,8-9H,6-7H2,1-3H3,(H,14,17)(H,15,16). The summed E-state index contributed by atoms with van der Waals surface area (Å²) in [6.07, 6.45) is 2.73. The number of amides is 1. The van der Waals surface area contributed by atoms with Crippen LogP contribution in [-0.4, -0.2) is 41.5 Å². The molecule has 3 unspecified atom stereocenters. The number of carboxylic acids is 1. The van der Waals surface area contributed by atoms with Gasteiger partial charge in [0.1, 0.15) is 11.0 Å². The van der Waals surface area contributed by atoms with Crippen LogP contribution in [0.4, 0.5) is 4.79 Å². The van der Waals surface area contributed by atoms with Gasteiger partial charge in [0.2, 0.25) is 0 Å². The summed E-state index contributed by atoms with van der Waals surface area (Å²) in [5, 5.41) is 12.0. The molecule has 2 heterocycles. The van der Waals surface area contributed by atoms with E-state index in [1.54, 1.807) is 26.8 Å². The fourth-order valence-corrected chi connectivity index (χ4v) is 2.41. The highest BCUT2D eigenvalue weighted by Crippen LogP contribution is 2.43. The van der Waals surface area contributed by atoms with E-state index < -0.39 is 29.2 Å². The predicted octanol–water partition coefficient (Wildman–Crippen LogP) is 1.31. The van der Waals surface area contributed by atoms with Crippen LogP contribution in [0, 0.1) is 5.41 Å². The maximum atomic E-state index is 11.6. The predicted molar refractivity (Wildman–Crippen MR) is 66.7 cm³/mol. The molecule has 0 radical (unpaired) electrons. The molecule has 19 heavy (non-hydrogen) atoms. The van der Waals surface area contributed by atoms with E-state index in [1.165, 1.54) is 0 Å². The third-order valence-corrected chi connectivity index (χ3v) is 3.31. The van der Waals surface area contributed by atoms with Crippen molar-refractivity contribution in [2.24, 2.45) is 5.41 Å². The minimum Gasteiger partial charge on any atom is -0.481 e. The zero-order valence-corrected chi connectivity index (χ0v) is 11.3. The molecule has 0 aromatic carbocycles. The molecule has 1 fully saturated rings. The van der Waals surface area contributed by atoms with Gasteiger partial charge in [0, 0.05) is 6.54 Å². The van der Waals surface area contributed by atoms with Crippen molar-refractivity contribution in [3.8, 4) is 0 Å². The van der Waals surface area contributed by atoms with Crippen LogP contribution in [0.1, 0.15) is 27.2 Å². The molecule has 1 saturated heterocycles. The number of nitrogens with one attached hydrogen (secondary N) is 1. The maximum Gasteiger partial charge on any atom is 0.407 e. The van der Waals surface area contributed by atoms with Crippen molar-refractivity contribution in [3.63, 3.8) is 0 Å². The van der Waals surface area contributed by atoms with Crippen molar-refractivity contribution >= 4 is 12.1 Å². The summed E-state index contributed by atoms with van der Waals surface area (Å²) < 4.78 is 10.6. The van der Waals surface area contributed by atoms with Crippen molar-refractivity contribution in [2.45, 2.75) is 45.0 Å². The average Bonchev–Trinajstić information content (AvgIpc) is 2.84. The van der Waals surface area contributed by atoms with E-state index in [0.29, 0.717) is 6.42 Å². The van der Waals surface area contributed by atoms with Crippen LogP contribution < -0.4 is 5.32 Å². The summed E-state index contributed by atoms with van der Waals surface area (Å²) in [5.74, 6) is -0.958. The van der Waals surface area contributed by atoms with Crippen molar-refractivity contribution in [3.05, 3.63) is 12.2 Å². The topological polar surface area (TPSA) is 84.9 Å². The van der Waals surface area contributed by atoms with Crippen LogP contribution in [0.5, 0.6) is 0 Å². The van der Waals surface area contributed by atoms with Crippen LogP contribution in [-0.2, 0) is 14.3 Å². The highest BCUT2D eigenvalue weighted by Gasteiger charge is 2.55. The van der Waals surface area contributed by atoms with Gasteiger partial charge in [-0.05, 0) is 27.2 Å². The Morgan fingerprint density at radius 3 is 2.58 bits per heavy atom. The van der Waals surface area contributed by atoms with Gasteiger partial charge in [-0.15, -0.1) is 0 Å². The molecular formula is C13H19NO5. The highest BCUT2D eigenvalue weighted by molar-refractivity contribution is 5.78. The summed E-state index contributed by atoms with van der Waals surface area (Å²) in [5.41, 5.74) is -1.69. The Morgan fingerprint density at radius 1 is 1.47 bits per heavy atom. The molecule has 2 aliphatic heterocycles. The van der Waals surface area contributed by atoms with Crippen molar-refractivity contribution in [1.82, 2.24) is 5.32 Å². The van der Waals surface area contributed by atoms with Crippen LogP contribution in [0.3, 0.4) is 0 Å². The van der Waals surface area contributed by atoms with E-state index >= 15 is 0 Å². The van der Waals surface area contributed by atoms with E-state index in [4.69, 9.17) is 9.47 Å². The monoisotopic (exact) mass is 269 g/mol. The molecule has 2 aliphatic rings. The first kappa shape index (κ1) is 13.9. The summed E-state index contributed by atoms with van der Waals surface area (Å²) in [7, 11) is 0. The minimum atomic E-state index is -1.09. The molecule has 0 saturated carbocycles. The summed E-state index contributed by atoms with van der Waals surface area (Å²) >= 11 is 0. The zero-order valence-electron chi connectivity index (χ0n) is 11.3. The number of rotatable bonds is 3. The molecule has 106 valence electrons. The average molecular weight is 269 g/mol. The number of carbonyl (C=O) groups excluding carboxylic acids is 1. The van der Waals surface area contributed by atoms with Gasteiger partial charge in [-0.2, -0.15) is 0 Å². The number of carboxylic acid groups (broad SMARTS) is 1. The third kappa shape index (κ3) is 2.73. The van der Waals surface area contributed by atoms with E-state index in [9.17, 15) is 14.7 Å². The lowest BCUT2D eigenvalue weighted by Crippen LogP contribution is -2.49. The number of fused-ring (bicyclic) bond motifs is 2. The first-order valence-electron chi connectivity index (χ1n) is 6.27. The first-order chi connectivity index (χ1) is 8.73. The SMILES string of the molecule is CC(C)(C)OC(=O)NCC1(C(=O)O)CC2C=CC1O2. The lowest BCUT2D eigenvalue weighted by atomic mass is 9.77. The third-order valence-electron chi connectivity index (χ3n) is 3.31. The van der Waals surface area contributed by atoms with Crippen LogP contribution in [0.2, 0.25) is 0 Å². The van der Waals surface area contributed by atoms with Crippen molar-refractivity contribution in [2.75, 3.05) is 6.54 Å². The molecule has 1 amide bonds. The van der Waals surface area contributed by atoms with Gasteiger partial charge < -0.3 is 19.9 Å². The van der Waals surface area contributed by atoms with Gasteiger partial charge in [0.15, 0.2) is 0 Å². The van der Waals surface area contributed by atoms with Crippen LogP contribution >= 0.6 is 0 Å². The van der Waals surface area contributed by atoms with E-state index in [-0.39, 0.29) is 12.6 Å². The van der Waals surface area contributed by atoms with E-state index in [2.05, 4.69) is 5.32 Å². The molecule has 2 bridgehead atoms. The van der Waals surface area contributed by atoms with Gasteiger partial charge in [-0.3, -0.25) is 4.79 Å². The molecule has 0 aromatic heterocycles. The number of alkyl carbamates (subject to hydrolysis) is 1. The second-order valence-corrected chi connectivity index (χ2v) is 6.00. The molecular weight excluding hydrogens is 250 g/mol. The van der Waals surface area contributed by atoms with Gasteiger partial charge in [-0.1, -0.05) is 12.2 Å². The number of ether oxygens (including phenoxy) is 2. The molecule has 6 nitrogen and oxygen atoms in total. The summed E-state index contributed by atoms with van der Waals surface area (Å²) in [4.78, 5) is 23.1. The van der Waals surface area contributed by atoms with E-state index in [0.717, 1.165) is 0 Å². The Morgan fingerprint density at radius 2 is 2.16 bits per heavy atom. The van der Waals surface area contributed by atoms with E-state index in [1.807, 2.05) is 6.08 Å². The second kappa shape index (κ2) is 4.52. The Hall–Kier alpha value is -1.56. The Kier molecular flexibility index (Phi) is 3.30. The highest BCUT2D eigenvalue weighted by atomic mass is 16.6. The fourth-order valence-electron chi connectivity index (χ4n) is 2.41. The molecule has 0 aliphatic carbocycles. The van der Waals surface area contributed by atoms with Gasteiger partial charge in [0.25, 0.3) is 0 Å². The largest absolute Gasteiger partial charge is 0.481 e. The first-order valence-corrected chi connectivity index (χ1v) is 6.27. The second-order valence-electron chi connectivity index (χ2n) is 6.00. The quantitative estimate of drug-likeness (QED) is 0.754. The Bertz CT molecular complexity index is 425. The molecule has 2 N–H and O–H groups in total. The van der Waals surface area contributed by atoms with Crippen molar-refractivity contribution in [1.29, 1.82) is 0 Å². The Labute approximate surface area is 111 Å². The van der Waals surface area contributed by atoms with Gasteiger partial charge in [-0.25, -0.2) is 4.79 Å². The Balaban J connectivity index is 1.98. The summed E-state index contributed by atoms with van der Waals surface area (Å²) in [6, 6.07) is 0. The van der Waals surface area contributed by atoms with Crippen molar-refractivity contribution < 1.29 is 24.2 Å². The van der Waals surface area contributed by atoms with Crippen LogP contribution in [0.15, 0.2) is 12.2 Å². The van der Waals surface area contributed by atoms with Gasteiger partial charge >= 0.3 is 12.1 Å². The number of hydrogen-bond donors (Lipinski definition) is 2. The molecule has 6 heteroatoms. The smallest absolute Gasteiger partial charge is 0.407 e. The lowest BCUT2D eigenvalue weighted by Gasteiger charge is -2.29. The molecule has 0 spiro atoms. The number of hydrogen-bond acceptors (Lipinski definition) is 4. The summed E-state index contributed by atoms with van der Waals surface area (Å²) in [6.45, 7) is 5.26. The molecule has 3 atom stereocenters. The molecule has 2 rings (SSSR count). The zero-order chi connectivity index (χ0) is 14.3. The minimum absolute atomic E-state index is 0.00273. The molecule has 0 aromatic rings. The number of carbonyl (C=O) groups is 2.